The van der Waals surface area contributed by atoms with Crippen molar-refractivity contribution in [1.82, 2.24) is 5.32 Å². The van der Waals surface area contributed by atoms with E-state index in [2.05, 4.69) is 16.1 Å². The Labute approximate surface area is 184 Å². The summed E-state index contributed by atoms with van der Waals surface area (Å²) in [5.74, 6) is -0.306. The van der Waals surface area contributed by atoms with Crippen molar-refractivity contribution in [3.05, 3.63) is 94.5 Å². The van der Waals surface area contributed by atoms with E-state index in [-0.39, 0.29) is 16.8 Å². The lowest BCUT2D eigenvalue weighted by atomic mass is 9.97. The molecule has 3 aromatic carbocycles. The minimum atomic E-state index is -3.81. The maximum absolute atomic E-state index is 12.9. The molecule has 31 heavy (non-hydrogen) atoms. The van der Waals surface area contributed by atoms with Crippen LogP contribution < -0.4 is 10.0 Å². The predicted octanol–water partition coefficient (Wildman–Crippen LogP) is 5.29. The molecule has 6 heteroatoms. The molecule has 0 unspecified atom stereocenters. The highest BCUT2D eigenvalue weighted by atomic mass is 32.2. The van der Waals surface area contributed by atoms with Gasteiger partial charge in [0, 0.05) is 11.3 Å². The summed E-state index contributed by atoms with van der Waals surface area (Å²) in [6.45, 7) is 8.01. The summed E-state index contributed by atoms with van der Waals surface area (Å²) in [7, 11) is -3.81. The van der Waals surface area contributed by atoms with Crippen molar-refractivity contribution in [2.75, 3.05) is 4.72 Å². The van der Waals surface area contributed by atoms with Crippen molar-refractivity contribution in [3.63, 3.8) is 0 Å². The van der Waals surface area contributed by atoms with Crippen LogP contribution in [0.25, 0.3) is 0 Å². The van der Waals surface area contributed by atoms with Gasteiger partial charge in [-0.25, -0.2) is 8.42 Å². The Bertz CT molecular complexity index is 1190. The van der Waals surface area contributed by atoms with Gasteiger partial charge in [0.2, 0.25) is 0 Å². The molecule has 0 aliphatic rings. The molecule has 0 spiro atoms. The third-order valence-corrected chi connectivity index (χ3v) is 6.60. The number of anilines is 1. The molecule has 162 valence electrons. The highest BCUT2D eigenvalue weighted by Crippen LogP contribution is 2.23. The van der Waals surface area contributed by atoms with Gasteiger partial charge in [0.15, 0.2) is 0 Å². The van der Waals surface area contributed by atoms with Crippen molar-refractivity contribution >= 4 is 21.6 Å². The molecule has 0 radical (unpaired) electrons. The summed E-state index contributed by atoms with van der Waals surface area (Å²) in [4.78, 5) is 13.0. The van der Waals surface area contributed by atoms with Crippen molar-refractivity contribution in [2.24, 2.45) is 0 Å². The topological polar surface area (TPSA) is 75.3 Å². The summed E-state index contributed by atoms with van der Waals surface area (Å²) in [5.41, 5.74) is 5.16. The fourth-order valence-corrected chi connectivity index (χ4v) is 4.60. The maximum Gasteiger partial charge on any atom is 0.261 e. The van der Waals surface area contributed by atoms with E-state index in [1.165, 1.54) is 17.7 Å². The summed E-state index contributed by atoms with van der Waals surface area (Å²) in [5, 5.41) is 3.04. The van der Waals surface area contributed by atoms with Gasteiger partial charge >= 0.3 is 0 Å². The van der Waals surface area contributed by atoms with E-state index in [1.807, 2.05) is 52.0 Å². The van der Waals surface area contributed by atoms with Gasteiger partial charge in [0.05, 0.1) is 10.9 Å². The molecule has 0 saturated carbocycles. The Morgan fingerprint density at radius 2 is 1.58 bits per heavy atom. The predicted molar refractivity (Wildman–Crippen MR) is 125 cm³/mol. The summed E-state index contributed by atoms with van der Waals surface area (Å²) in [6, 6.07) is 19.2. The summed E-state index contributed by atoms with van der Waals surface area (Å²) >= 11 is 0. The van der Waals surface area contributed by atoms with E-state index in [0.29, 0.717) is 11.3 Å². The maximum atomic E-state index is 12.9. The molecular weight excluding hydrogens is 408 g/mol. The minimum Gasteiger partial charge on any atom is -0.345 e. The lowest BCUT2D eigenvalue weighted by molar-refractivity contribution is 0.0935. The largest absolute Gasteiger partial charge is 0.345 e. The second-order valence-electron chi connectivity index (χ2n) is 7.79. The van der Waals surface area contributed by atoms with Crippen molar-refractivity contribution in [1.29, 1.82) is 0 Å². The average molecular weight is 437 g/mol. The van der Waals surface area contributed by atoms with Crippen molar-refractivity contribution in [3.8, 4) is 0 Å². The Hall–Kier alpha value is -3.12. The van der Waals surface area contributed by atoms with E-state index in [9.17, 15) is 13.2 Å². The molecule has 1 atom stereocenters. The first-order valence-corrected chi connectivity index (χ1v) is 11.8. The first kappa shape index (κ1) is 22.6. The molecule has 0 heterocycles. The standard InChI is InChI=1S/C25H28N2O3S/c1-5-24(23-14-11-18(3)15-19(23)4)26-25(28)20-7-6-8-22(16-20)31(29,30)27-21-12-9-17(2)10-13-21/h6-16,24,27H,5H2,1-4H3,(H,26,28)/t24-/m1/s1. The molecule has 0 aliphatic heterocycles. The van der Waals surface area contributed by atoms with Gasteiger partial charge in [-0.2, -0.15) is 0 Å². The molecule has 5 nitrogen and oxygen atoms in total. The van der Waals surface area contributed by atoms with Crippen LogP contribution in [-0.4, -0.2) is 14.3 Å². The number of hydrogen-bond acceptors (Lipinski definition) is 3. The van der Waals surface area contributed by atoms with Gasteiger partial charge in [0.25, 0.3) is 15.9 Å². The second-order valence-corrected chi connectivity index (χ2v) is 9.48. The Balaban J connectivity index is 1.81. The number of aryl methyl sites for hydroxylation is 3. The highest BCUT2D eigenvalue weighted by Gasteiger charge is 2.19. The zero-order valence-corrected chi connectivity index (χ0v) is 19.1. The molecule has 0 aliphatic carbocycles. The molecule has 3 aromatic rings. The van der Waals surface area contributed by atoms with Crippen molar-refractivity contribution in [2.45, 2.75) is 45.1 Å². The molecule has 0 saturated heterocycles. The van der Waals surface area contributed by atoms with Crippen molar-refractivity contribution < 1.29 is 13.2 Å². The minimum absolute atomic E-state index is 0.0419. The number of benzene rings is 3. The third-order valence-electron chi connectivity index (χ3n) is 5.22. The van der Waals surface area contributed by atoms with Crippen LogP contribution in [0.1, 0.15) is 52.0 Å². The van der Waals surface area contributed by atoms with Crippen LogP contribution in [0.15, 0.2) is 71.6 Å². The molecule has 3 rings (SSSR count). The molecule has 0 bridgehead atoms. The van der Waals surface area contributed by atoms with Gasteiger partial charge in [-0.1, -0.05) is 54.4 Å². The number of rotatable bonds is 7. The Kier molecular flexibility index (Phi) is 6.81. The zero-order valence-electron chi connectivity index (χ0n) is 18.3. The SMILES string of the molecule is CC[C@@H](NC(=O)c1cccc(S(=O)(=O)Nc2ccc(C)cc2)c1)c1ccc(C)cc1C. The average Bonchev–Trinajstić information content (AvgIpc) is 2.74. The van der Waals surface area contributed by atoms with Crippen LogP contribution in [-0.2, 0) is 10.0 Å². The van der Waals surface area contributed by atoms with E-state index in [1.54, 1.807) is 24.3 Å². The van der Waals surface area contributed by atoms with Crippen LogP contribution in [0.2, 0.25) is 0 Å². The fraction of sp³-hybridized carbons (Fsp3) is 0.240. The first-order chi connectivity index (χ1) is 14.7. The monoisotopic (exact) mass is 436 g/mol. The second kappa shape index (κ2) is 9.35. The molecule has 2 N–H and O–H groups in total. The number of hydrogen-bond donors (Lipinski definition) is 2. The van der Waals surface area contributed by atoms with E-state index in [0.717, 1.165) is 23.1 Å². The summed E-state index contributed by atoms with van der Waals surface area (Å²) in [6.07, 6.45) is 0.725. The van der Waals surface area contributed by atoms with Gasteiger partial charge in [-0.3, -0.25) is 9.52 Å². The van der Waals surface area contributed by atoms with Gasteiger partial charge < -0.3 is 5.32 Å². The Morgan fingerprint density at radius 1 is 0.903 bits per heavy atom. The number of amides is 1. The molecular formula is C25H28N2O3S. The third kappa shape index (κ3) is 5.52. The lowest BCUT2D eigenvalue weighted by Crippen LogP contribution is -2.29. The smallest absolute Gasteiger partial charge is 0.261 e. The van der Waals surface area contributed by atoms with Gasteiger partial charge in [-0.05, 0) is 68.7 Å². The number of carbonyl (C=O) groups excluding carboxylic acids is 1. The van der Waals surface area contributed by atoms with Crippen LogP contribution in [0.4, 0.5) is 5.69 Å². The normalized spacial score (nSPS) is 12.3. The Morgan fingerprint density at radius 3 is 2.23 bits per heavy atom. The number of carbonyl (C=O) groups is 1. The van der Waals surface area contributed by atoms with E-state index >= 15 is 0 Å². The zero-order chi connectivity index (χ0) is 22.6. The fourth-order valence-electron chi connectivity index (χ4n) is 3.50. The van der Waals surface area contributed by atoms with Crippen LogP contribution >= 0.6 is 0 Å². The van der Waals surface area contributed by atoms with Gasteiger partial charge in [-0.15, -0.1) is 0 Å². The van der Waals surface area contributed by atoms with Crippen LogP contribution in [0, 0.1) is 20.8 Å². The number of nitrogens with one attached hydrogen (secondary N) is 2. The number of sulfonamides is 1. The molecule has 0 aromatic heterocycles. The van der Waals surface area contributed by atoms with Crippen LogP contribution in [0.5, 0.6) is 0 Å². The molecule has 0 fully saturated rings. The lowest BCUT2D eigenvalue weighted by Gasteiger charge is -2.20. The summed E-state index contributed by atoms with van der Waals surface area (Å²) < 4.78 is 28.1. The quantitative estimate of drug-likeness (QED) is 0.528. The highest BCUT2D eigenvalue weighted by molar-refractivity contribution is 7.92. The van der Waals surface area contributed by atoms with Crippen LogP contribution in [0.3, 0.4) is 0 Å². The molecule has 1 amide bonds. The first-order valence-electron chi connectivity index (χ1n) is 10.3. The van der Waals surface area contributed by atoms with Gasteiger partial charge in [0.1, 0.15) is 0 Å². The van der Waals surface area contributed by atoms with E-state index < -0.39 is 10.0 Å². The van der Waals surface area contributed by atoms with E-state index in [4.69, 9.17) is 0 Å².